The monoisotopic (exact) mass is 343 g/mol. The normalized spacial score (nSPS) is 20.5. The van der Waals surface area contributed by atoms with Gasteiger partial charge in [0.1, 0.15) is 11.6 Å². The van der Waals surface area contributed by atoms with Gasteiger partial charge in [-0.1, -0.05) is 29.5 Å². The number of fused-ring (bicyclic) bond motifs is 1. The Hall–Kier alpha value is -2.08. The van der Waals surface area contributed by atoms with Gasteiger partial charge in [0, 0.05) is 24.9 Å². The minimum atomic E-state index is 0.00551. The van der Waals surface area contributed by atoms with Gasteiger partial charge in [0.2, 0.25) is 5.91 Å². The van der Waals surface area contributed by atoms with E-state index in [0.29, 0.717) is 18.3 Å². The number of aromatic nitrogens is 1. The first-order valence-corrected chi connectivity index (χ1v) is 9.30. The first-order chi connectivity index (χ1) is 11.7. The first-order valence-electron chi connectivity index (χ1n) is 8.48. The molecule has 1 saturated carbocycles. The molecule has 2 heterocycles. The van der Waals surface area contributed by atoms with Crippen molar-refractivity contribution < 1.29 is 9.53 Å². The Morgan fingerprint density at radius 2 is 2.08 bits per heavy atom. The molecule has 0 bridgehead atoms. The van der Waals surface area contributed by atoms with Crippen molar-refractivity contribution >= 4 is 28.2 Å². The van der Waals surface area contributed by atoms with Gasteiger partial charge in [0.25, 0.3) is 0 Å². The van der Waals surface area contributed by atoms with Crippen molar-refractivity contribution in [3.8, 4) is 5.75 Å². The number of para-hydroxylation sites is 1. The number of thiazole rings is 1. The number of rotatable bonds is 4. The summed E-state index contributed by atoms with van der Waals surface area (Å²) >= 11 is 1.60. The van der Waals surface area contributed by atoms with E-state index < -0.39 is 0 Å². The topological polar surface area (TPSA) is 63.3 Å². The van der Waals surface area contributed by atoms with Crippen LogP contribution in [0.1, 0.15) is 48.5 Å². The zero-order chi connectivity index (χ0) is 16.5. The number of hydrogen-bond donors (Lipinski definition) is 2. The van der Waals surface area contributed by atoms with Crippen LogP contribution in [0.4, 0.5) is 10.9 Å². The smallest absolute Gasteiger partial charge is 0.226 e. The number of nitrogens with one attached hydrogen (secondary N) is 2. The summed E-state index contributed by atoms with van der Waals surface area (Å²) < 4.78 is 6.28. The van der Waals surface area contributed by atoms with Crippen LogP contribution >= 0.6 is 11.3 Å². The van der Waals surface area contributed by atoms with Crippen LogP contribution in [0.5, 0.6) is 5.75 Å². The van der Waals surface area contributed by atoms with E-state index in [2.05, 4.69) is 21.7 Å². The molecule has 24 heavy (non-hydrogen) atoms. The van der Waals surface area contributed by atoms with Crippen molar-refractivity contribution in [2.24, 2.45) is 0 Å². The molecule has 1 aromatic carbocycles. The molecule has 2 aromatic rings. The Morgan fingerprint density at radius 1 is 1.29 bits per heavy atom. The molecule has 1 fully saturated rings. The predicted molar refractivity (Wildman–Crippen MR) is 96.1 cm³/mol. The maximum atomic E-state index is 12.2. The lowest BCUT2D eigenvalue weighted by molar-refractivity contribution is -0.116. The van der Waals surface area contributed by atoms with Crippen LogP contribution in [-0.4, -0.2) is 24.0 Å². The third-order valence-electron chi connectivity index (χ3n) is 4.72. The van der Waals surface area contributed by atoms with Gasteiger partial charge in [-0.05, 0) is 31.7 Å². The van der Waals surface area contributed by atoms with Gasteiger partial charge < -0.3 is 15.4 Å². The molecule has 1 atom stereocenters. The van der Waals surface area contributed by atoms with Crippen molar-refractivity contribution in [3.63, 3.8) is 0 Å². The second-order valence-corrected chi connectivity index (χ2v) is 7.38. The fraction of sp³-hybridized carbons (Fsp3) is 0.444. The van der Waals surface area contributed by atoms with E-state index in [4.69, 9.17) is 4.74 Å². The van der Waals surface area contributed by atoms with Crippen LogP contribution in [0.3, 0.4) is 0 Å². The summed E-state index contributed by atoms with van der Waals surface area (Å²) in [4.78, 5) is 17.7. The Balaban J connectivity index is 1.70. The molecule has 4 rings (SSSR count). The molecule has 126 valence electrons. The molecule has 5 nitrogen and oxygen atoms in total. The van der Waals surface area contributed by atoms with E-state index >= 15 is 0 Å². The lowest BCUT2D eigenvalue weighted by Gasteiger charge is -2.25. The van der Waals surface area contributed by atoms with Gasteiger partial charge in [-0.2, -0.15) is 0 Å². The third kappa shape index (κ3) is 2.86. The van der Waals surface area contributed by atoms with Gasteiger partial charge in [-0.15, -0.1) is 0 Å². The number of amides is 1. The summed E-state index contributed by atoms with van der Waals surface area (Å²) in [6.45, 7) is 0. The number of carbonyl (C=O) groups excluding carboxylic acids is 1. The fourth-order valence-electron chi connectivity index (χ4n) is 3.54. The van der Waals surface area contributed by atoms with E-state index in [1.165, 1.54) is 12.8 Å². The minimum Gasteiger partial charge on any atom is -0.490 e. The molecule has 1 aliphatic heterocycles. The Morgan fingerprint density at radius 3 is 2.88 bits per heavy atom. The average Bonchev–Trinajstić information content (AvgIpc) is 3.23. The van der Waals surface area contributed by atoms with E-state index in [1.54, 1.807) is 11.3 Å². The summed E-state index contributed by atoms with van der Waals surface area (Å²) in [5.74, 6) is 1.61. The van der Waals surface area contributed by atoms with E-state index in [0.717, 1.165) is 34.2 Å². The highest BCUT2D eigenvalue weighted by Gasteiger charge is 2.32. The highest BCUT2D eigenvalue weighted by molar-refractivity contribution is 7.16. The quantitative estimate of drug-likeness (QED) is 0.881. The number of hydrogen-bond acceptors (Lipinski definition) is 5. The van der Waals surface area contributed by atoms with Crippen molar-refractivity contribution in [3.05, 3.63) is 34.7 Å². The van der Waals surface area contributed by atoms with Crippen LogP contribution in [0.25, 0.3) is 0 Å². The molecule has 0 unspecified atom stereocenters. The van der Waals surface area contributed by atoms with Gasteiger partial charge >= 0.3 is 0 Å². The van der Waals surface area contributed by atoms with Crippen LogP contribution in [0.2, 0.25) is 0 Å². The maximum Gasteiger partial charge on any atom is 0.226 e. The molecule has 2 N–H and O–H groups in total. The second-order valence-electron chi connectivity index (χ2n) is 6.35. The average molecular weight is 343 g/mol. The maximum absolute atomic E-state index is 12.2. The van der Waals surface area contributed by atoms with Gasteiger partial charge in [-0.3, -0.25) is 4.79 Å². The molecule has 1 aliphatic carbocycles. The van der Waals surface area contributed by atoms with Crippen molar-refractivity contribution in [1.82, 2.24) is 4.98 Å². The summed E-state index contributed by atoms with van der Waals surface area (Å²) in [6.07, 6.45) is 5.46. The SMILES string of the molecule is CNc1nc2c(s1)[C@H](c1ccccc1OC1CCCC1)CC(=O)N2. The number of benzene rings is 1. The van der Waals surface area contributed by atoms with Crippen molar-refractivity contribution in [2.45, 2.75) is 44.1 Å². The van der Waals surface area contributed by atoms with Crippen LogP contribution < -0.4 is 15.4 Å². The molecule has 2 aliphatic rings. The van der Waals surface area contributed by atoms with Crippen LogP contribution in [0, 0.1) is 0 Å². The van der Waals surface area contributed by atoms with E-state index in [-0.39, 0.29) is 11.8 Å². The lowest BCUT2D eigenvalue weighted by Crippen LogP contribution is -2.23. The highest BCUT2D eigenvalue weighted by atomic mass is 32.1. The molecule has 0 spiro atoms. The molecule has 1 aromatic heterocycles. The molecule has 0 radical (unpaired) electrons. The summed E-state index contributed by atoms with van der Waals surface area (Å²) in [6, 6.07) is 8.13. The molecule has 0 saturated heterocycles. The Labute approximate surface area is 145 Å². The highest BCUT2D eigenvalue weighted by Crippen LogP contribution is 2.45. The molecule has 6 heteroatoms. The molecular weight excluding hydrogens is 322 g/mol. The Bertz CT molecular complexity index is 752. The van der Waals surface area contributed by atoms with Gasteiger partial charge in [0.05, 0.1) is 11.0 Å². The molecular formula is C18H21N3O2S. The number of ether oxygens (including phenoxy) is 1. The van der Waals surface area contributed by atoms with Crippen molar-refractivity contribution in [2.75, 3.05) is 17.7 Å². The van der Waals surface area contributed by atoms with Gasteiger partial charge in [0.15, 0.2) is 5.13 Å². The lowest BCUT2D eigenvalue weighted by atomic mass is 9.91. The molecule has 1 amide bonds. The number of carbonyl (C=O) groups is 1. The standard InChI is InChI=1S/C18H21N3O2S/c1-19-18-21-17-16(24-18)13(10-15(22)20-17)12-8-4-5-9-14(12)23-11-6-2-3-7-11/h4-5,8-9,11,13H,2-3,6-7,10H2,1H3,(H,19,21)(H,20,22)/t13-/m0/s1. The summed E-state index contributed by atoms with van der Waals surface area (Å²) in [5.41, 5.74) is 1.09. The predicted octanol–water partition coefficient (Wildman–Crippen LogP) is 3.98. The number of nitrogens with zero attached hydrogens (tertiary/aromatic N) is 1. The van der Waals surface area contributed by atoms with E-state index in [1.807, 2.05) is 25.2 Å². The zero-order valence-corrected chi connectivity index (χ0v) is 14.5. The zero-order valence-electron chi connectivity index (χ0n) is 13.7. The first kappa shape index (κ1) is 15.4. The summed E-state index contributed by atoms with van der Waals surface area (Å²) in [7, 11) is 1.85. The fourth-order valence-corrected chi connectivity index (χ4v) is 4.53. The Kier molecular flexibility index (Phi) is 4.14. The van der Waals surface area contributed by atoms with Crippen molar-refractivity contribution in [1.29, 1.82) is 0 Å². The van der Waals surface area contributed by atoms with Crippen LogP contribution in [0.15, 0.2) is 24.3 Å². The van der Waals surface area contributed by atoms with Crippen LogP contribution in [-0.2, 0) is 4.79 Å². The van der Waals surface area contributed by atoms with E-state index in [9.17, 15) is 4.79 Å². The largest absolute Gasteiger partial charge is 0.490 e. The summed E-state index contributed by atoms with van der Waals surface area (Å²) in [5, 5.41) is 6.78. The minimum absolute atomic E-state index is 0.00551. The second kappa shape index (κ2) is 6.43. The number of anilines is 2. The van der Waals surface area contributed by atoms with Gasteiger partial charge in [-0.25, -0.2) is 4.98 Å². The third-order valence-corrected chi connectivity index (χ3v) is 5.91.